The molecule has 0 amide bonds. The highest BCUT2D eigenvalue weighted by Gasteiger charge is 2.29. The van der Waals surface area contributed by atoms with Gasteiger partial charge in [-0.1, -0.05) is 11.8 Å². The monoisotopic (exact) mass is 274 g/mol. The lowest BCUT2D eigenvalue weighted by molar-refractivity contribution is -0.149. The molecule has 100 valence electrons. The zero-order valence-corrected chi connectivity index (χ0v) is 11.1. The summed E-state index contributed by atoms with van der Waals surface area (Å²) in [5.74, 6) is -0.983. The molecular formula is C9H14N4O4S. The predicted molar refractivity (Wildman–Crippen MR) is 62.0 cm³/mol. The number of carboxylic acids is 1. The van der Waals surface area contributed by atoms with Gasteiger partial charge in [-0.2, -0.15) is 0 Å². The summed E-state index contributed by atoms with van der Waals surface area (Å²) in [6.07, 6.45) is 0. The Hall–Kier alpha value is -1.64. The van der Waals surface area contributed by atoms with Crippen LogP contribution >= 0.6 is 11.8 Å². The van der Waals surface area contributed by atoms with Crippen molar-refractivity contribution in [3.8, 4) is 0 Å². The molecule has 1 rings (SSSR count). The number of aliphatic carboxylic acids is 1. The van der Waals surface area contributed by atoms with Crippen LogP contribution in [-0.2, 0) is 20.9 Å². The van der Waals surface area contributed by atoms with Crippen molar-refractivity contribution < 1.29 is 19.4 Å². The quantitative estimate of drug-likeness (QED) is 0.572. The Balaban J connectivity index is 2.66. The molecule has 0 unspecified atom stereocenters. The minimum atomic E-state index is -1.03. The summed E-state index contributed by atoms with van der Waals surface area (Å²) in [5, 5.41) is 19.7. The van der Waals surface area contributed by atoms with E-state index in [1.54, 1.807) is 13.8 Å². The van der Waals surface area contributed by atoms with Crippen LogP contribution in [0.3, 0.4) is 0 Å². The lowest BCUT2D eigenvalue weighted by Gasteiger charge is -2.20. The molecule has 0 saturated heterocycles. The van der Waals surface area contributed by atoms with Gasteiger partial charge in [0.15, 0.2) is 0 Å². The summed E-state index contributed by atoms with van der Waals surface area (Å²) in [6, 6.07) is 0. The second-order valence-electron chi connectivity index (χ2n) is 4.18. The van der Waals surface area contributed by atoms with E-state index in [2.05, 4.69) is 20.3 Å². The van der Waals surface area contributed by atoms with Gasteiger partial charge >= 0.3 is 11.9 Å². The third-order valence-electron chi connectivity index (χ3n) is 2.08. The summed E-state index contributed by atoms with van der Waals surface area (Å²) in [6.45, 7) is 3.16. The lowest BCUT2D eigenvalue weighted by Crippen LogP contribution is -2.28. The smallest absolute Gasteiger partial charge is 0.325 e. The number of carbonyl (C=O) groups excluding carboxylic acids is 1. The molecule has 0 spiro atoms. The van der Waals surface area contributed by atoms with E-state index in [-0.39, 0.29) is 12.5 Å². The molecule has 8 nitrogen and oxygen atoms in total. The third-order valence-corrected chi connectivity index (χ3v) is 3.50. The molecule has 0 aliphatic carbocycles. The molecular weight excluding hydrogens is 260 g/mol. The van der Waals surface area contributed by atoms with Crippen LogP contribution < -0.4 is 0 Å². The van der Waals surface area contributed by atoms with Gasteiger partial charge in [-0.05, 0) is 24.3 Å². The van der Waals surface area contributed by atoms with Gasteiger partial charge in [0.05, 0.1) is 12.5 Å². The number of carbonyl (C=O) groups is 2. The largest absolute Gasteiger partial charge is 0.480 e. The molecule has 18 heavy (non-hydrogen) atoms. The molecule has 1 heterocycles. The number of tetrazole rings is 1. The van der Waals surface area contributed by atoms with E-state index < -0.39 is 11.4 Å². The first-order valence-corrected chi connectivity index (χ1v) is 6.04. The number of hydrogen-bond acceptors (Lipinski definition) is 7. The molecule has 0 radical (unpaired) electrons. The van der Waals surface area contributed by atoms with E-state index in [1.807, 2.05) is 0 Å². The van der Waals surface area contributed by atoms with Crippen LogP contribution in [0.25, 0.3) is 0 Å². The zero-order valence-electron chi connectivity index (χ0n) is 10.3. The highest BCUT2D eigenvalue weighted by molar-refractivity contribution is 7.99. The van der Waals surface area contributed by atoms with Crippen molar-refractivity contribution in [2.45, 2.75) is 25.5 Å². The second kappa shape index (κ2) is 5.80. The van der Waals surface area contributed by atoms with Crippen molar-refractivity contribution in [2.24, 2.45) is 5.41 Å². The summed E-state index contributed by atoms with van der Waals surface area (Å²) >= 11 is 1.21. The maximum atomic E-state index is 11.5. The summed E-state index contributed by atoms with van der Waals surface area (Å²) < 4.78 is 5.84. The second-order valence-corrected chi connectivity index (χ2v) is 5.12. The van der Waals surface area contributed by atoms with E-state index in [1.165, 1.54) is 23.6 Å². The molecule has 0 saturated carbocycles. The van der Waals surface area contributed by atoms with Crippen molar-refractivity contribution in [2.75, 3.05) is 12.9 Å². The van der Waals surface area contributed by atoms with Gasteiger partial charge in [0.1, 0.15) is 6.54 Å². The van der Waals surface area contributed by atoms with Crippen LogP contribution in [0.5, 0.6) is 0 Å². The lowest BCUT2D eigenvalue weighted by atomic mass is 9.97. The maximum absolute atomic E-state index is 11.5. The minimum absolute atomic E-state index is 0.312. The Bertz CT molecular complexity index is 446. The van der Waals surface area contributed by atoms with Gasteiger partial charge in [-0.15, -0.1) is 5.10 Å². The average molecular weight is 274 g/mol. The van der Waals surface area contributed by atoms with Gasteiger partial charge in [-0.3, -0.25) is 9.59 Å². The van der Waals surface area contributed by atoms with Gasteiger partial charge in [0.2, 0.25) is 5.16 Å². The van der Waals surface area contributed by atoms with E-state index in [0.29, 0.717) is 10.9 Å². The summed E-state index contributed by atoms with van der Waals surface area (Å²) in [4.78, 5) is 22.0. The molecule has 0 aliphatic heterocycles. The van der Waals surface area contributed by atoms with E-state index >= 15 is 0 Å². The number of methoxy groups -OCH3 is 1. The van der Waals surface area contributed by atoms with E-state index in [4.69, 9.17) is 5.11 Å². The summed E-state index contributed by atoms with van der Waals surface area (Å²) in [5.41, 5.74) is -0.695. The van der Waals surface area contributed by atoms with Crippen LogP contribution in [-0.4, -0.2) is 50.1 Å². The fraction of sp³-hybridized carbons (Fsp3) is 0.667. The van der Waals surface area contributed by atoms with Gasteiger partial charge < -0.3 is 9.84 Å². The first kappa shape index (κ1) is 14.4. The molecule has 1 N–H and O–H groups in total. The highest BCUT2D eigenvalue weighted by atomic mass is 32.2. The minimum Gasteiger partial charge on any atom is -0.480 e. The number of aromatic nitrogens is 4. The molecule has 0 aromatic carbocycles. The molecule has 0 atom stereocenters. The summed E-state index contributed by atoms with van der Waals surface area (Å²) in [7, 11) is 1.32. The Kier molecular flexibility index (Phi) is 4.65. The molecule has 0 bridgehead atoms. The van der Waals surface area contributed by atoms with Crippen molar-refractivity contribution in [1.29, 1.82) is 0 Å². The van der Waals surface area contributed by atoms with Crippen LogP contribution in [0.15, 0.2) is 5.16 Å². The SMILES string of the molecule is COC(=O)C(C)(C)CSc1nnnn1CC(=O)O. The van der Waals surface area contributed by atoms with Crippen molar-refractivity contribution >= 4 is 23.7 Å². The van der Waals surface area contributed by atoms with Gasteiger partial charge in [-0.25, -0.2) is 4.68 Å². The Morgan fingerprint density at radius 1 is 1.50 bits per heavy atom. The normalized spacial score (nSPS) is 11.3. The van der Waals surface area contributed by atoms with Crippen molar-refractivity contribution in [3.05, 3.63) is 0 Å². The van der Waals surface area contributed by atoms with Gasteiger partial charge in [0.25, 0.3) is 0 Å². The number of esters is 1. The average Bonchev–Trinajstić information content (AvgIpc) is 2.72. The van der Waals surface area contributed by atoms with Crippen LogP contribution in [0, 0.1) is 5.41 Å². The third kappa shape index (κ3) is 3.69. The highest BCUT2D eigenvalue weighted by Crippen LogP contribution is 2.27. The first-order chi connectivity index (χ1) is 8.36. The maximum Gasteiger partial charge on any atom is 0.325 e. The Morgan fingerprint density at radius 3 is 2.72 bits per heavy atom. The van der Waals surface area contributed by atoms with Crippen LogP contribution in [0.2, 0.25) is 0 Å². The van der Waals surface area contributed by atoms with E-state index in [9.17, 15) is 9.59 Å². The Morgan fingerprint density at radius 2 is 2.17 bits per heavy atom. The van der Waals surface area contributed by atoms with E-state index in [0.717, 1.165) is 0 Å². The fourth-order valence-corrected chi connectivity index (χ4v) is 2.06. The van der Waals surface area contributed by atoms with Gasteiger partial charge in [0, 0.05) is 5.75 Å². The predicted octanol–water partition coefficient (Wildman–Crippen LogP) is 0.0490. The number of nitrogens with zero attached hydrogens (tertiary/aromatic N) is 4. The molecule has 1 aromatic heterocycles. The molecule has 1 aromatic rings. The number of ether oxygens (including phenoxy) is 1. The van der Waals surface area contributed by atoms with Crippen molar-refractivity contribution in [1.82, 2.24) is 20.2 Å². The molecule has 0 fully saturated rings. The number of thioether (sulfide) groups is 1. The first-order valence-electron chi connectivity index (χ1n) is 5.06. The van der Waals surface area contributed by atoms with Crippen LogP contribution in [0.1, 0.15) is 13.8 Å². The Labute approximate surface area is 108 Å². The molecule has 9 heteroatoms. The number of carboxylic acid groups (broad SMARTS) is 1. The number of rotatable bonds is 6. The van der Waals surface area contributed by atoms with Crippen LogP contribution in [0.4, 0.5) is 0 Å². The number of hydrogen-bond donors (Lipinski definition) is 1. The van der Waals surface area contributed by atoms with Crippen molar-refractivity contribution in [3.63, 3.8) is 0 Å². The molecule has 0 aliphatic rings. The fourth-order valence-electron chi connectivity index (χ4n) is 1.11. The standard InChI is InChI=1S/C9H14N4O4S/c1-9(2,7(16)17-3)5-18-8-10-11-12-13(8)4-6(14)15/h4-5H2,1-3H3,(H,14,15). The topological polar surface area (TPSA) is 107 Å². The zero-order chi connectivity index (χ0) is 13.8.